The topological polar surface area (TPSA) is 72.2 Å². The number of benzene rings is 1. The van der Waals surface area contributed by atoms with Crippen LogP contribution in [0.3, 0.4) is 0 Å². The van der Waals surface area contributed by atoms with Crippen LogP contribution in [-0.2, 0) is 16.3 Å². The second kappa shape index (κ2) is 6.24. The highest BCUT2D eigenvalue weighted by atomic mass is 32.2. The lowest BCUT2D eigenvalue weighted by atomic mass is 9.92. The van der Waals surface area contributed by atoms with E-state index in [1.165, 1.54) is 16.7 Å². The molecule has 0 spiro atoms. The molecule has 1 aliphatic heterocycles. The Bertz CT molecular complexity index is 569. The Labute approximate surface area is 121 Å². The molecule has 0 aromatic heterocycles. The van der Waals surface area contributed by atoms with Crippen LogP contribution in [0.5, 0.6) is 0 Å². The van der Waals surface area contributed by atoms with Gasteiger partial charge in [-0.15, -0.1) is 0 Å². The zero-order valence-electron chi connectivity index (χ0n) is 12.2. The van der Waals surface area contributed by atoms with Crippen LogP contribution < -0.4 is 11.3 Å². The molecule has 1 saturated heterocycles. The molecule has 0 saturated carbocycles. The van der Waals surface area contributed by atoms with E-state index in [4.69, 9.17) is 5.84 Å². The van der Waals surface area contributed by atoms with E-state index < -0.39 is 9.84 Å². The summed E-state index contributed by atoms with van der Waals surface area (Å²) in [5.74, 6) is 6.55. The molecule has 1 aliphatic rings. The van der Waals surface area contributed by atoms with Gasteiger partial charge in [-0.05, 0) is 50.2 Å². The van der Waals surface area contributed by atoms with Gasteiger partial charge in [0.2, 0.25) is 0 Å². The maximum atomic E-state index is 11.5. The summed E-state index contributed by atoms with van der Waals surface area (Å²) in [7, 11) is -2.81. The number of sulfone groups is 1. The number of hydrogen-bond acceptors (Lipinski definition) is 4. The minimum Gasteiger partial charge on any atom is -0.271 e. The third-order valence-corrected chi connectivity index (χ3v) is 5.99. The third-order valence-electron chi connectivity index (χ3n) is 4.15. The van der Waals surface area contributed by atoms with Crippen molar-refractivity contribution in [3.05, 3.63) is 34.9 Å². The van der Waals surface area contributed by atoms with E-state index in [0.29, 0.717) is 11.5 Å². The van der Waals surface area contributed by atoms with Gasteiger partial charge < -0.3 is 0 Å². The highest BCUT2D eigenvalue weighted by Gasteiger charge is 2.29. The first-order valence-electron chi connectivity index (χ1n) is 7.12. The van der Waals surface area contributed by atoms with Crippen molar-refractivity contribution in [2.24, 2.45) is 11.8 Å². The van der Waals surface area contributed by atoms with Crippen LogP contribution in [0.4, 0.5) is 0 Å². The van der Waals surface area contributed by atoms with Crippen LogP contribution in [-0.4, -0.2) is 26.0 Å². The van der Waals surface area contributed by atoms with Gasteiger partial charge in [0.25, 0.3) is 0 Å². The lowest BCUT2D eigenvalue weighted by Crippen LogP contribution is -2.38. The Morgan fingerprint density at radius 3 is 2.75 bits per heavy atom. The summed E-state index contributed by atoms with van der Waals surface area (Å²) in [4.78, 5) is 0. The van der Waals surface area contributed by atoms with Crippen LogP contribution in [0.1, 0.15) is 29.5 Å². The summed E-state index contributed by atoms with van der Waals surface area (Å²) < 4.78 is 23.0. The maximum absolute atomic E-state index is 11.5. The molecule has 1 aromatic rings. The number of hydrogen-bond donors (Lipinski definition) is 2. The van der Waals surface area contributed by atoms with Gasteiger partial charge in [-0.2, -0.15) is 0 Å². The number of nitrogens with one attached hydrogen (secondary N) is 1. The van der Waals surface area contributed by atoms with Crippen LogP contribution in [0.25, 0.3) is 0 Å². The zero-order valence-corrected chi connectivity index (χ0v) is 13.0. The second-order valence-electron chi connectivity index (χ2n) is 6.00. The van der Waals surface area contributed by atoms with Gasteiger partial charge in [0.15, 0.2) is 9.84 Å². The summed E-state index contributed by atoms with van der Waals surface area (Å²) in [6.07, 6.45) is 2.44. The Balaban J connectivity index is 2.01. The summed E-state index contributed by atoms with van der Waals surface area (Å²) in [6, 6.07) is 6.55. The molecule has 1 fully saturated rings. The number of rotatable bonds is 5. The quantitative estimate of drug-likeness (QED) is 0.638. The van der Waals surface area contributed by atoms with Crippen molar-refractivity contribution in [2.75, 3.05) is 11.5 Å². The molecule has 0 aliphatic carbocycles. The van der Waals surface area contributed by atoms with Gasteiger partial charge in [0.05, 0.1) is 11.5 Å². The SMILES string of the molecule is Cc1ccc(C)c(CC(CC2CCS(=O)(=O)C2)NN)c1. The molecule has 0 amide bonds. The van der Waals surface area contributed by atoms with Crippen LogP contribution in [0, 0.1) is 19.8 Å². The van der Waals surface area contributed by atoms with Crippen molar-refractivity contribution in [2.45, 2.75) is 39.2 Å². The van der Waals surface area contributed by atoms with Crippen molar-refractivity contribution >= 4 is 9.84 Å². The van der Waals surface area contributed by atoms with Crippen molar-refractivity contribution in [1.29, 1.82) is 0 Å². The molecule has 2 rings (SSSR count). The summed E-state index contributed by atoms with van der Waals surface area (Å²) in [5, 5.41) is 0. The fourth-order valence-electron chi connectivity index (χ4n) is 2.96. The smallest absolute Gasteiger partial charge is 0.150 e. The average Bonchev–Trinajstić information content (AvgIpc) is 2.72. The minimum absolute atomic E-state index is 0.133. The van der Waals surface area contributed by atoms with E-state index >= 15 is 0 Å². The lowest BCUT2D eigenvalue weighted by Gasteiger charge is -2.20. The van der Waals surface area contributed by atoms with Gasteiger partial charge >= 0.3 is 0 Å². The van der Waals surface area contributed by atoms with Crippen molar-refractivity contribution in [1.82, 2.24) is 5.43 Å². The predicted molar refractivity (Wildman–Crippen MR) is 82.1 cm³/mol. The normalized spacial score (nSPS) is 22.9. The summed E-state index contributed by atoms with van der Waals surface area (Å²) in [6.45, 7) is 4.18. The average molecular weight is 296 g/mol. The first kappa shape index (κ1) is 15.5. The summed E-state index contributed by atoms with van der Waals surface area (Å²) >= 11 is 0. The standard InChI is InChI=1S/C15H24N2O2S/c1-11-3-4-12(2)14(7-11)9-15(17-16)8-13-5-6-20(18,19)10-13/h3-4,7,13,15,17H,5-6,8-10,16H2,1-2H3. The van der Waals surface area contributed by atoms with Gasteiger partial charge in [-0.1, -0.05) is 23.8 Å². The van der Waals surface area contributed by atoms with Gasteiger partial charge in [-0.25, -0.2) is 8.42 Å². The summed E-state index contributed by atoms with van der Waals surface area (Å²) in [5.41, 5.74) is 6.64. The maximum Gasteiger partial charge on any atom is 0.150 e. The largest absolute Gasteiger partial charge is 0.271 e. The van der Waals surface area contributed by atoms with Crippen LogP contribution >= 0.6 is 0 Å². The van der Waals surface area contributed by atoms with Crippen molar-refractivity contribution in [3.63, 3.8) is 0 Å². The van der Waals surface area contributed by atoms with E-state index in [1.54, 1.807) is 0 Å². The molecule has 0 bridgehead atoms. The van der Waals surface area contributed by atoms with E-state index in [0.717, 1.165) is 19.3 Å². The van der Waals surface area contributed by atoms with Gasteiger partial charge in [-0.3, -0.25) is 11.3 Å². The van der Waals surface area contributed by atoms with E-state index in [2.05, 4.69) is 37.5 Å². The molecule has 2 unspecified atom stereocenters. The first-order chi connectivity index (χ1) is 9.39. The monoisotopic (exact) mass is 296 g/mol. The number of nitrogens with two attached hydrogens (primary N) is 1. The lowest BCUT2D eigenvalue weighted by molar-refractivity contribution is 0.408. The van der Waals surface area contributed by atoms with Gasteiger partial charge in [0.1, 0.15) is 0 Å². The molecule has 112 valence electrons. The molecule has 5 heteroatoms. The Kier molecular flexibility index (Phi) is 4.83. The molecule has 0 radical (unpaired) electrons. The highest BCUT2D eigenvalue weighted by molar-refractivity contribution is 7.91. The number of hydrazine groups is 1. The minimum atomic E-state index is -2.81. The Hall–Kier alpha value is -0.910. The van der Waals surface area contributed by atoms with Crippen LogP contribution in [0.2, 0.25) is 0 Å². The Morgan fingerprint density at radius 2 is 2.15 bits per heavy atom. The van der Waals surface area contributed by atoms with E-state index in [-0.39, 0.29) is 12.0 Å². The van der Waals surface area contributed by atoms with Gasteiger partial charge in [0, 0.05) is 6.04 Å². The molecular formula is C15H24N2O2S. The zero-order chi connectivity index (χ0) is 14.8. The van der Waals surface area contributed by atoms with Crippen molar-refractivity contribution < 1.29 is 8.42 Å². The van der Waals surface area contributed by atoms with Crippen molar-refractivity contribution in [3.8, 4) is 0 Å². The molecule has 1 heterocycles. The van der Waals surface area contributed by atoms with Crippen LogP contribution in [0.15, 0.2) is 18.2 Å². The molecule has 2 atom stereocenters. The number of aryl methyl sites for hydroxylation is 2. The highest BCUT2D eigenvalue weighted by Crippen LogP contribution is 2.24. The fraction of sp³-hybridized carbons (Fsp3) is 0.600. The molecule has 3 N–H and O–H groups in total. The molecule has 20 heavy (non-hydrogen) atoms. The first-order valence-corrected chi connectivity index (χ1v) is 8.94. The third kappa shape index (κ3) is 4.04. The molecule has 1 aromatic carbocycles. The predicted octanol–water partition coefficient (Wildman–Crippen LogP) is 1.50. The fourth-order valence-corrected chi connectivity index (χ4v) is 4.84. The van der Waals surface area contributed by atoms with E-state index in [1.807, 2.05) is 0 Å². The molecule has 4 nitrogen and oxygen atoms in total. The Morgan fingerprint density at radius 1 is 1.40 bits per heavy atom. The molecular weight excluding hydrogens is 272 g/mol. The second-order valence-corrected chi connectivity index (χ2v) is 8.23. The van der Waals surface area contributed by atoms with E-state index in [9.17, 15) is 8.42 Å².